The summed E-state index contributed by atoms with van der Waals surface area (Å²) in [5.41, 5.74) is 1.34. The van der Waals surface area contributed by atoms with Gasteiger partial charge in [-0.3, -0.25) is 9.59 Å². The van der Waals surface area contributed by atoms with Crippen LogP contribution in [0.3, 0.4) is 0 Å². The van der Waals surface area contributed by atoms with Crippen molar-refractivity contribution in [1.29, 1.82) is 0 Å². The first-order valence-corrected chi connectivity index (χ1v) is 7.99. The van der Waals surface area contributed by atoms with Crippen molar-refractivity contribution in [3.63, 3.8) is 0 Å². The Morgan fingerprint density at radius 1 is 1.04 bits per heavy atom. The fraction of sp³-hybridized carbons (Fsp3) is 0.222. The minimum absolute atomic E-state index is 0.104. The van der Waals surface area contributed by atoms with Crippen molar-refractivity contribution < 1.29 is 14.3 Å². The summed E-state index contributed by atoms with van der Waals surface area (Å²) in [5, 5.41) is 5.97. The van der Waals surface area contributed by atoms with E-state index in [4.69, 9.17) is 16.3 Å². The van der Waals surface area contributed by atoms with Crippen molar-refractivity contribution in [1.82, 2.24) is 10.6 Å². The number of carbonyl (C=O) groups excluding carboxylic acids is 2. The highest BCUT2D eigenvalue weighted by Crippen LogP contribution is 2.17. The van der Waals surface area contributed by atoms with E-state index in [1.807, 2.05) is 19.1 Å². The van der Waals surface area contributed by atoms with Crippen LogP contribution < -0.4 is 15.4 Å². The van der Waals surface area contributed by atoms with Gasteiger partial charge in [-0.2, -0.15) is 0 Å². The van der Waals surface area contributed by atoms with Gasteiger partial charge in [0.05, 0.1) is 18.7 Å². The third-order valence-electron chi connectivity index (χ3n) is 3.24. The van der Waals surface area contributed by atoms with Crippen LogP contribution in [0, 0.1) is 0 Å². The van der Waals surface area contributed by atoms with Crippen molar-refractivity contribution >= 4 is 23.4 Å². The molecule has 2 aromatic carbocycles. The molecule has 5 nitrogen and oxygen atoms in total. The lowest BCUT2D eigenvalue weighted by atomic mass is 10.2. The first-order chi connectivity index (χ1) is 11.6. The van der Waals surface area contributed by atoms with Crippen LogP contribution in [-0.2, 0) is 11.3 Å². The van der Waals surface area contributed by atoms with Crippen LogP contribution in [0.4, 0.5) is 0 Å². The number of halogens is 1. The second kappa shape index (κ2) is 8.93. The van der Waals surface area contributed by atoms with E-state index < -0.39 is 0 Å². The van der Waals surface area contributed by atoms with Crippen LogP contribution in [-0.4, -0.2) is 25.0 Å². The lowest BCUT2D eigenvalue weighted by Gasteiger charge is -2.10. The van der Waals surface area contributed by atoms with Crippen LogP contribution in [0.25, 0.3) is 0 Å². The van der Waals surface area contributed by atoms with Crippen LogP contribution in [0.2, 0.25) is 5.02 Å². The largest absolute Gasteiger partial charge is 0.493 e. The number of carbonyl (C=O) groups is 2. The summed E-state index contributed by atoms with van der Waals surface area (Å²) in [4.78, 5) is 24.0. The van der Waals surface area contributed by atoms with E-state index in [9.17, 15) is 9.59 Å². The molecule has 0 aliphatic carbocycles. The lowest BCUT2D eigenvalue weighted by molar-refractivity contribution is -0.120. The molecule has 0 spiro atoms. The molecule has 24 heavy (non-hydrogen) atoms. The zero-order valence-electron chi connectivity index (χ0n) is 13.3. The molecule has 0 bridgehead atoms. The standard InChI is InChI=1S/C18H19ClN2O3/c1-2-24-16-6-4-3-5-15(16)18(23)21-12-17(22)20-11-13-7-9-14(19)10-8-13/h3-10H,2,11-12H2,1H3,(H,20,22)(H,21,23). The maximum absolute atomic E-state index is 12.2. The molecule has 2 amide bonds. The molecule has 0 unspecified atom stereocenters. The number of nitrogens with one attached hydrogen (secondary N) is 2. The highest BCUT2D eigenvalue weighted by molar-refractivity contribution is 6.30. The predicted molar refractivity (Wildman–Crippen MR) is 93.2 cm³/mol. The van der Waals surface area contributed by atoms with E-state index in [0.717, 1.165) is 5.56 Å². The van der Waals surface area contributed by atoms with Gasteiger partial charge in [0.15, 0.2) is 0 Å². The number of amides is 2. The van der Waals surface area contributed by atoms with Crippen molar-refractivity contribution in [2.24, 2.45) is 0 Å². The van der Waals surface area contributed by atoms with Gasteiger partial charge in [0.1, 0.15) is 5.75 Å². The topological polar surface area (TPSA) is 67.4 Å². The molecule has 2 aromatic rings. The Morgan fingerprint density at radius 2 is 1.75 bits per heavy atom. The predicted octanol–water partition coefficient (Wildman–Crippen LogP) is 2.78. The summed E-state index contributed by atoms with van der Waals surface area (Å²) < 4.78 is 5.41. The lowest BCUT2D eigenvalue weighted by Crippen LogP contribution is -2.36. The third-order valence-corrected chi connectivity index (χ3v) is 3.50. The van der Waals surface area contributed by atoms with Gasteiger partial charge in [0, 0.05) is 11.6 Å². The second-order valence-electron chi connectivity index (χ2n) is 5.02. The maximum atomic E-state index is 12.2. The summed E-state index contributed by atoms with van der Waals surface area (Å²) in [6, 6.07) is 14.1. The Bertz CT molecular complexity index is 702. The van der Waals surface area contributed by atoms with E-state index in [2.05, 4.69) is 10.6 Å². The molecule has 0 aliphatic rings. The summed E-state index contributed by atoms with van der Waals surface area (Å²) in [6.07, 6.45) is 0. The normalized spacial score (nSPS) is 10.1. The molecule has 0 fully saturated rings. The molecule has 0 heterocycles. The summed E-state index contributed by atoms with van der Waals surface area (Å²) >= 11 is 5.81. The molecule has 126 valence electrons. The third kappa shape index (κ3) is 5.28. The van der Waals surface area contributed by atoms with Crippen molar-refractivity contribution in [3.8, 4) is 5.75 Å². The van der Waals surface area contributed by atoms with Crippen LogP contribution in [0.5, 0.6) is 5.75 Å². The fourth-order valence-corrected chi connectivity index (χ4v) is 2.18. The maximum Gasteiger partial charge on any atom is 0.255 e. The Balaban J connectivity index is 1.83. The minimum atomic E-state index is -0.347. The zero-order chi connectivity index (χ0) is 17.4. The van der Waals surface area contributed by atoms with Gasteiger partial charge in [0.25, 0.3) is 5.91 Å². The number of benzene rings is 2. The summed E-state index contributed by atoms with van der Waals surface area (Å²) in [5.74, 6) is -0.119. The monoisotopic (exact) mass is 346 g/mol. The zero-order valence-corrected chi connectivity index (χ0v) is 14.1. The minimum Gasteiger partial charge on any atom is -0.493 e. The molecular weight excluding hydrogens is 328 g/mol. The average molecular weight is 347 g/mol. The smallest absolute Gasteiger partial charge is 0.255 e. The molecule has 0 aliphatic heterocycles. The van der Waals surface area contributed by atoms with Crippen molar-refractivity contribution in [3.05, 3.63) is 64.7 Å². The van der Waals surface area contributed by atoms with Crippen LogP contribution >= 0.6 is 11.6 Å². The van der Waals surface area contributed by atoms with Crippen LogP contribution in [0.15, 0.2) is 48.5 Å². The van der Waals surface area contributed by atoms with E-state index in [-0.39, 0.29) is 18.4 Å². The summed E-state index contributed by atoms with van der Waals surface area (Å²) in [7, 11) is 0. The molecule has 0 saturated carbocycles. The highest BCUT2D eigenvalue weighted by atomic mass is 35.5. The number of rotatable bonds is 7. The first-order valence-electron chi connectivity index (χ1n) is 7.61. The SMILES string of the molecule is CCOc1ccccc1C(=O)NCC(=O)NCc1ccc(Cl)cc1. The molecule has 6 heteroatoms. The molecule has 0 radical (unpaired) electrons. The Morgan fingerprint density at radius 3 is 2.46 bits per heavy atom. The Kier molecular flexibility index (Phi) is 6.63. The van der Waals surface area contributed by atoms with Gasteiger partial charge in [-0.05, 0) is 36.8 Å². The number of para-hydroxylation sites is 1. The Labute approximate surface area is 146 Å². The number of ether oxygens (including phenoxy) is 1. The molecule has 0 aromatic heterocycles. The van der Waals surface area contributed by atoms with E-state index in [1.54, 1.807) is 36.4 Å². The molecule has 2 rings (SSSR count). The molecule has 0 atom stereocenters. The summed E-state index contributed by atoms with van der Waals surface area (Å²) in [6.45, 7) is 2.58. The Hall–Kier alpha value is -2.53. The molecule has 0 saturated heterocycles. The fourth-order valence-electron chi connectivity index (χ4n) is 2.06. The number of hydrogen-bond donors (Lipinski definition) is 2. The van der Waals surface area contributed by atoms with Gasteiger partial charge in [-0.1, -0.05) is 35.9 Å². The van der Waals surface area contributed by atoms with Gasteiger partial charge in [0.2, 0.25) is 5.91 Å². The van der Waals surface area contributed by atoms with E-state index in [1.165, 1.54) is 0 Å². The van der Waals surface area contributed by atoms with Gasteiger partial charge < -0.3 is 15.4 Å². The highest BCUT2D eigenvalue weighted by Gasteiger charge is 2.12. The molecule has 2 N–H and O–H groups in total. The first kappa shape index (κ1) is 17.8. The van der Waals surface area contributed by atoms with Crippen molar-refractivity contribution in [2.75, 3.05) is 13.2 Å². The van der Waals surface area contributed by atoms with E-state index in [0.29, 0.717) is 29.5 Å². The molecular formula is C18H19ClN2O3. The van der Waals surface area contributed by atoms with Gasteiger partial charge in [-0.15, -0.1) is 0 Å². The second-order valence-corrected chi connectivity index (χ2v) is 5.45. The van der Waals surface area contributed by atoms with E-state index >= 15 is 0 Å². The van der Waals surface area contributed by atoms with Gasteiger partial charge >= 0.3 is 0 Å². The number of hydrogen-bond acceptors (Lipinski definition) is 3. The average Bonchev–Trinajstić information content (AvgIpc) is 2.60. The van der Waals surface area contributed by atoms with Crippen LogP contribution in [0.1, 0.15) is 22.8 Å². The quantitative estimate of drug-likeness (QED) is 0.810. The van der Waals surface area contributed by atoms with Gasteiger partial charge in [-0.25, -0.2) is 0 Å². The van der Waals surface area contributed by atoms with Crippen molar-refractivity contribution in [2.45, 2.75) is 13.5 Å².